The van der Waals surface area contributed by atoms with Gasteiger partial charge in [-0.3, -0.25) is 4.57 Å². The molecule has 1 saturated carbocycles. The van der Waals surface area contributed by atoms with Crippen molar-refractivity contribution >= 4 is 11.0 Å². The fourth-order valence-electron chi connectivity index (χ4n) is 2.92. The minimum atomic E-state index is -0.0921. The molecule has 0 unspecified atom stereocenters. The van der Waals surface area contributed by atoms with E-state index in [1.807, 2.05) is 10.6 Å². The van der Waals surface area contributed by atoms with Gasteiger partial charge in [-0.1, -0.05) is 0 Å². The van der Waals surface area contributed by atoms with Gasteiger partial charge in [0.1, 0.15) is 0 Å². The molecule has 0 aliphatic heterocycles. The summed E-state index contributed by atoms with van der Waals surface area (Å²) in [5.41, 5.74) is 7.99. The first-order valence-electron chi connectivity index (χ1n) is 6.59. The molecule has 0 saturated heterocycles. The average molecular weight is 256 g/mol. The van der Waals surface area contributed by atoms with Crippen molar-refractivity contribution in [1.82, 2.24) is 9.55 Å². The highest BCUT2D eigenvalue weighted by Crippen LogP contribution is 2.29. The molecule has 0 atom stereocenters. The standard InChI is InChI=1S/C14H16N4O/c15-8-9-1-6-13-12(7-9)17-14(19)18(13)11-4-2-10(16)3-5-11/h1,6-7,10-11H,2-5,16H2,(H,17,19)/t10-,11-. The Bertz CT molecular complexity index is 698. The summed E-state index contributed by atoms with van der Waals surface area (Å²) >= 11 is 0. The van der Waals surface area contributed by atoms with Crippen LogP contribution in [0.2, 0.25) is 0 Å². The number of nitrogens with one attached hydrogen (secondary N) is 1. The summed E-state index contributed by atoms with van der Waals surface area (Å²) in [5, 5.41) is 8.89. The summed E-state index contributed by atoms with van der Waals surface area (Å²) in [4.78, 5) is 14.9. The Balaban J connectivity index is 2.06. The molecule has 1 fully saturated rings. The normalized spacial score (nSPS) is 23.4. The maximum atomic E-state index is 12.1. The Labute approximate surface area is 110 Å². The van der Waals surface area contributed by atoms with Crippen LogP contribution in [0.5, 0.6) is 0 Å². The van der Waals surface area contributed by atoms with Crippen LogP contribution in [0.15, 0.2) is 23.0 Å². The van der Waals surface area contributed by atoms with E-state index >= 15 is 0 Å². The van der Waals surface area contributed by atoms with Gasteiger partial charge in [-0.05, 0) is 43.9 Å². The number of nitriles is 1. The first-order valence-corrected chi connectivity index (χ1v) is 6.59. The van der Waals surface area contributed by atoms with Crippen molar-refractivity contribution in [1.29, 1.82) is 5.26 Å². The topological polar surface area (TPSA) is 87.6 Å². The van der Waals surface area contributed by atoms with E-state index in [9.17, 15) is 4.79 Å². The number of H-pyrrole nitrogens is 1. The van der Waals surface area contributed by atoms with Crippen molar-refractivity contribution in [2.75, 3.05) is 0 Å². The van der Waals surface area contributed by atoms with Gasteiger partial charge in [0, 0.05) is 12.1 Å². The van der Waals surface area contributed by atoms with Crippen LogP contribution < -0.4 is 11.4 Å². The summed E-state index contributed by atoms with van der Waals surface area (Å²) in [6.07, 6.45) is 3.79. The average Bonchev–Trinajstić information content (AvgIpc) is 2.74. The van der Waals surface area contributed by atoms with Crippen molar-refractivity contribution < 1.29 is 0 Å². The van der Waals surface area contributed by atoms with E-state index in [0.29, 0.717) is 5.56 Å². The van der Waals surface area contributed by atoms with E-state index in [-0.39, 0.29) is 17.8 Å². The molecule has 0 spiro atoms. The molecule has 0 amide bonds. The molecule has 5 heteroatoms. The maximum Gasteiger partial charge on any atom is 0.326 e. The van der Waals surface area contributed by atoms with Crippen molar-refractivity contribution in [2.45, 2.75) is 37.8 Å². The third-order valence-electron chi connectivity index (χ3n) is 3.95. The second-order valence-electron chi connectivity index (χ2n) is 5.21. The fourth-order valence-corrected chi connectivity index (χ4v) is 2.92. The van der Waals surface area contributed by atoms with E-state index in [1.54, 1.807) is 12.1 Å². The van der Waals surface area contributed by atoms with Gasteiger partial charge in [0.15, 0.2) is 0 Å². The molecule has 1 aromatic carbocycles. The van der Waals surface area contributed by atoms with Gasteiger partial charge in [0.2, 0.25) is 0 Å². The lowest BCUT2D eigenvalue weighted by Crippen LogP contribution is -2.31. The van der Waals surface area contributed by atoms with Crippen molar-refractivity contribution in [3.63, 3.8) is 0 Å². The zero-order valence-corrected chi connectivity index (χ0v) is 10.6. The number of imidazole rings is 1. The van der Waals surface area contributed by atoms with Gasteiger partial charge in [0.05, 0.1) is 22.7 Å². The first kappa shape index (κ1) is 12.0. The lowest BCUT2D eigenvalue weighted by Gasteiger charge is -2.26. The van der Waals surface area contributed by atoms with Crippen molar-refractivity contribution in [3.8, 4) is 6.07 Å². The predicted molar refractivity (Wildman–Crippen MR) is 72.8 cm³/mol. The summed E-state index contributed by atoms with van der Waals surface area (Å²) in [5.74, 6) is 0. The van der Waals surface area contributed by atoms with Crippen LogP contribution in [-0.2, 0) is 0 Å². The molecule has 1 heterocycles. The molecular formula is C14H16N4O. The minimum Gasteiger partial charge on any atom is -0.328 e. The number of aromatic nitrogens is 2. The van der Waals surface area contributed by atoms with Crippen LogP contribution in [0, 0.1) is 11.3 Å². The molecule has 2 aromatic rings. The fraction of sp³-hybridized carbons (Fsp3) is 0.429. The van der Waals surface area contributed by atoms with Crippen molar-refractivity contribution in [3.05, 3.63) is 34.2 Å². The van der Waals surface area contributed by atoms with Gasteiger partial charge in [-0.15, -0.1) is 0 Å². The molecule has 1 aliphatic rings. The number of nitrogens with two attached hydrogens (primary N) is 1. The van der Waals surface area contributed by atoms with Crippen LogP contribution >= 0.6 is 0 Å². The van der Waals surface area contributed by atoms with Gasteiger partial charge >= 0.3 is 5.69 Å². The SMILES string of the molecule is N#Cc1ccc2c(c1)[nH]c(=O)n2[C@H]1CC[C@H](N)CC1. The monoisotopic (exact) mass is 256 g/mol. The third kappa shape index (κ3) is 2.04. The van der Waals surface area contributed by atoms with E-state index in [2.05, 4.69) is 11.1 Å². The molecular weight excluding hydrogens is 240 g/mol. The van der Waals surface area contributed by atoms with Gasteiger partial charge < -0.3 is 10.7 Å². The molecule has 3 N–H and O–H groups in total. The Kier molecular flexibility index (Phi) is 2.88. The number of rotatable bonds is 1. The molecule has 98 valence electrons. The number of hydrogen-bond donors (Lipinski definition) is 2. The van der Waals surface area contributed by atoms with Crippen LogP contribution in [0.1, 0.15) is 37.3 Å². The Morgan fingerprint density at radius 2 is 2.05 bits per heavy atom. The molecule has 5 nitrogen and oxygen atoms in total. The molecule has 3 rings (SSSR count). The summed E-state index contributed by atoms with van der Waals surface area (Å²) in [6.45, 7) is 0. The highest BCUT2D eigenvalue weighted by Gasteiger charge is 2.23. The highest BCUT2D eigenvalue weighted by molar-refractivity contribution is 5.77. The lowest BCUT2D eigenvalue weighted by atomic mass is 9.91. The summed E-state index contributed by atoms with van der Waals surface area (Å²) in [7, 11) is 0. The zero-order valence-electron chi connectivity index (χ0n) is 10.6. The van der Waals surface area contributed by atoms with E-state index in [1.165, 1.54) is 0 Å². The molecule has 0 bridgehead atoms. The molecule has 0 radical (unpaired) electrons. The smallest absolute Gasteiger partial charge is 0.326 e. The molecule has 19 heavy (non-hydrogen) atoms. The number of benzene rings is 1. The van der Waals surface area contributed by atoms with Crippen molar-refractivity contribution in [2.24, 2.45) is 5.73 Å². The Morgan fingerprint density at radius 3 is 2.74 bits per heavy atom. The Hall–Kier alpha value is -2.06. The molecule has 1 aliphatic carbocycles. The quantitative estimate of drug-likeness (QED) is 0.813. The van der Waals surface area contributed by atoms with E-state index < -0.39 is 0 Å². The van der Waals surface area contributed by atoms with Gasteiger partial charge in [-0.25, -0.2) is 4.79 Å². The van der Waals surface area contributed by atoms with Crippen LogP contribution in [0.3, 0.4) is 0 Å². The largest absolute Gasteiger partial charge is 0.328 e. The van der Waals surface area contributed by atoms with Crippen LogP contribution in [-0.4, -0.2) is 15.6 Å². The predicted octanol–water partition coefficient (Wildman–Crippen LogP) is 1.64. The summed E-state index contributed by atoms with van der Waals surface area (Å²) in [6, 6.07) is 7.89. The maximum absolute atomic E-state index is 12.1. The van der Waals surface area contributed by atoms with E-state index in [0.717, 1.165) is 36.7 Å². The van der Waals surface area contributed by atoms with Gasteiger partial charge in [0.25, 0.3) is 0 Å². The zero-order chi connectivity index (χ0) is 13.4. The number of aromatic amines is 1. The Morgan fingerprint density at radius 1 is 1.32 bits per heavy atom. The summed E-state index contributed by atoms with van der Waals surface area (Å²) < 4.78 is 1.82. The van der Waals surface area contributed by atoms with Crippen LogP contribution in [0.25, 0.3) is 11.0 Å². The number of hydrogen-bond acceptors (Lipinski definition) is 3. The minimum absolute atomic E-state index is 0.0921. The van der Waals surface area contributed by atoms with Gasteiger partial charge in [-0.2, -0.15) is 5.26 Å². The highest BCUT2D eigenvalue weighted by atomic mass is 16.1. The second kappa shape index (κ2) is 4.56. The number of fused-ring (bicyclic) bond motifs is 1. The number of nitrogens with zero attached hydrogens (tertiary/aromatic N) is 2. The first-order chi connectivity index (χ1) is 9.19. The van der Waals surface area contributed by atoms with E-state index in [4.69, 9.17) is 11.0 Å². The second-order valence-corrected chi connectivity index (χ2v) is 5.21. The molecule has 1 aromatic heterocycles. The van der Waals surface area contributed by atoms with Crippen LogP contribution in [0.4, 0.5) is 0 Å². The third-order valence-corrected chi connectivity index (χ3v) is 3.95. The lowest BCUT2D eigenvalue weighted by molar-refractivity contribution is 0.324.